The zero-order chi connectivity index (χ0) is 17.0. The van der Waals surface area contributed by atoms with Gasteiger partial charge in [0.25, 0.3) is 0 Å². The molecule has 0 spiro atoms. The van der Waals surface area contributed by atoms with Crippen LogP contribution in [-0.2, 0) is 12.8 Å². The molecule has 0 amide bonds. The van der Waals surface area contributed by atoms with Crippen LogP contribution in [0.25, 0.3) is 11.1 Å². The van der Waals surface area contributed by atoms with E-state index in [1.807, 2.05) is 0 Å². The van der Waals surface area contributed by atoms with Gasteiger partial charge in [-0.1, -0.05) is 101 Å². The second kappa shape index (κ2) is 11.1. The van der Waals surface area contributed by atoms with Gasteiger partial charge < -0.3 is 0 Å². The first-order chi connectivity index (χ1) is 11.8. The van der Waals surface area contributed by atoms with Gasteiger partial charge in [-0.05, 0) is 47.9 Å². The summed E-state index contributed by atoms with van der Waals surface area (Å²) in [6.07, 6.45) is 13.2. The molecule has 0 aliphatic rings. The third kappa shape index (κ3) is 6.51. The summed E-state index contributed by atoms with van der Waals surface area (Å²) in [5, 5.41) is 0. The van der Waals surface area contributed by atoms with Crippen molar-refractivity contribution in [1.82, 2.24) is 0 Å². The van der Waals surface area contributed by atoms with Gasteiger partial charge in [0.05, 0.1) is 0 Å². The van der Waals surface area contributed by atoms with Crippen molar-refractivity contribution in [2.24, 2.45) is 0 Å². The van der Waals surface area contributed by atoms with E-state index in [1.165, 1.54) is 86.5 Å². The summed E-state index contributed by atoms with van der Waals surface area (Å²) in [6.45, 7) is 4.54. The maximum absolute atomic E-state index is 2.31. The number of benzene rings is 2. The van der Waals surface area contributed by atoms with Crippen LogP contribution in [0.15, 0.2) is 48.5 Å². The normalized spacial score (nSPS) is 10.9. The third-order valence-corrected chi connectivity index (χ3v) is 4.88. The molecule has 2 rings (SSSR count). The summed E-state index contributed by atoms with van der Waals surface area (Å²) in [7, 11) is 0. The zero-order valence-corrected chi connectivity index (χ0v) is 15.7. The van der Waals surface area contributed by atoms with Crippen LogP contribution in [-0.4, -0.2) is 0 Å². The minimum atomic E-state index is 1.21. The average molecular weight is 323 g/mol. The van der Waals surface area contributed by atoms with E-state index >= 15 is 0 Å². The Morgan fingerprint density at radius 2 is 0.833 bits per heavy atom. The molecule has 0 aliphatic heterocycles. The van der Waals surface area contributed by atoms with Crippen LogP contribution < -0.4 is 0 Å². The molecule has 0 saturated heterocycles. The predicted octanol–water partition coefficient (Wildman–Crippen LogP) is 7.60. The molecule has 0 radical (unpaired) electrons. The van der Waals surface area contributed by atoms with Crippen LogP contribution in [0.2, 0.25) is 0 Å². The summed E-state index contributed by atoms with van der Waals surface area (Å²) in [5.41, 5.74) is 5.62. The fourth-order valence-electron chi connectivity index (χ4n) is 3.24. The van der Waals surface area contributed by atoms with E-state index in [-0.39, 0.29) is 0 Å². The van der Waals surface area contributed by atoms with E-state index in [0.717, 1.165) is 0 Å². The fourth-order valence-corrected chi connectivity index (χ4v) is 3.24. The summed E-state index contributed by atoms with van der Waals surface area (Å²) >= 11 is 0. The van der Waals surface area contributed by atoms with Gasteiger partial charge in [0, 0.05) is 0 Å². The molecule has 24 heavy (non-hydrogen) atoms. The Morgan fingerprint density at radius 1 is 0.458 bits per heavy atom. The molecule has 2 aromatic carbocycles. The summed E-state index contributed by atoms with van der Waals surface area (Å²) in [4.78, 5) is 0. The Morgan fingerprint density at radius 3 is 1.29 bits per heavy atom. The van der Waals surface area contributed by atoms with Crippen LogP contribution in [0, 0.1) is 0 Å². The molecular formula is C24H34. The lowest BCUT2D eigenvalue weighted by atomic mass is 9.99. The smallest absolute Gasteiger partial charge is 0.0184 e. The molecule has 0 fully saturated rings. The molecule has 0 heteroatoms. The zero-order valence-electron chi connectivity index (χ0n) is 15.7. The minimum absolute atomic E-state index is 1.21. The number of rotatable bonds is 11. The van der Waals surface area contributed by atoms with Crippen LogP contribution in [0.4, 0.5) is 0 Å². The largest absolute Gasteiger partial charge is 0.0654 e. The van der Waals surface area contributed by atoms with Gasteiger partial charge in [0.15, 0.2) is 0 Å². The highest BCUT2D eigenvalue weighted by Crippen LogP contribution is 2.22. The summed E-state index contributed by atoms with van der Waals surface area (Å²) in [5.74, 6) is 0. The first-order valence-corrected chi connectivity index (χ1v) is 10.0. The van der Waals surface area contributed by atoms with Crippen molar-refractivity contribution in [1.29, 1.82) is 0 Å². The molecule has 0 saturated carbocycles. The highest BCUT2D eigenvalue weighted by Gasteiger charge is 2.00. The van der Waals surface area contributed by atoms with Crippen molar-refractivity contribution in [2.75, 3.05) is 0 Å². The maximum atomic E-state index is 2.31. The van der Waals surface area contributed by atoms with Crippen molar-refractivity contribution in [3.05, 3.63) is 59.7 Å². The Hall–Kier alpha value is -1.56. The molecule has 0 nitrogen and oxygen atoms in total. The maximum Gasteiger partial charge on any atom is -0.0184 e. The third-order valence-electron chi connectivity index (χ3n) is 4.88. The van der Waals surface area contributed by atoms with Gasteiger partial charge in [0.1, 0.15) is 0 Å². The molecule has 0 heterocycles. The standard InChI is InChI=1S/C24H34/c1-3-5-7-8-10-12-22-15-19-24(20-16-22)23-17-13-21(14-18-23)11-9-6-4-2/h13-20H,3-12H2,1-2H3. The van der Waals surface area contributed by atoms with Gasteiger partial charge in [0.2, 0.25) is 0 Å². The van der Waals surface area contributed by atoms with Gasteiger partial charge in [-0.25, -0.2) is 0 Å². The molecule has 0 unspecified atom stereocenters. The second-order valence-corrected chi connectivity index (χ2v) is 7.02. The Labute approximate surface area is 149 Å². The van der Waals surface area contributed by atoms with E-state index in [1.54, 1.807) is 0 Å². The van der Waals surface area contributed by atoms with Crippen molar-refractivity contribution < 1.29 is 0 Å². The van der Waals surface area contributed by atoms with Crippen LogP contribution in [0.5, 0.6) is 0 Å². The van der Waals surface area contributed by atoms with Gasteiger partial charge in [-0.2, -0.15) is 0 Å². The van der Waals surface area contributed by atoms with E-state index in [4.69, 9.17) is 0 Å². The first kappa shape index (κ1) is 18.8. The monoisotopic (exact) mass is 322 g/mol. The summed E-state index contributed by atoms with van der Waals surface area (Å²) in [6, 6.07) is 18.3. The van der Waals surface area contributed by atoms with Crippen molar-refractivity contribution >= 4 is 0 Å². The molecule has 0 N–H and O–H groups in total. The highest BCUT2D eigenvalue weighted by molar-refractivity contribution is 5.63. The van der Waals surface area contributed by atoms with Gasteiger partial charge >= 0.3 is 0 Å². The van der Waals surface area contributed by atoms with Crippen molar-refractivity contribution in [3.63, 3.8) is 0 Å². The van der Waals surface area contributed by atoms with Crippen LogP contribution in [0.1, 0.15) is 76.3 Å². The number of aryl methyl sites for hydroxylation is 2. The quantitative estimate of drug-likeness (QED) is 0.374. The molecule has 0 bridgehead atoms. The molecule has 0 aliphatic carbocycles. The van der Waals surface area contributed by atoms with E-state index in [9.17, 15) is 0 Å². The minimum Gasteiger partial charge on any atom is -0.0654 e. The molecule has 2 aromatic rings. The molecule has 0 aromatic heterocycles. The Balaban J connectivity index is 1.83. The Bertz CT molecular complexity index is 548. The lowest BCUT2D eigenvalue weighted by Crippen LogP contribution is -1.88. The first-order valence-electron chi connectivity index (χ1n) is 10.0. The lowest BCUT2D eigenvalue weighted by Gasteiger charge is -2.06. The van der Waals surface area contributed by atoms with E-state index in [0.29, 0.717) is 0 Å². The predicted molar refractivity (Wildman–Crippen MR) is 108 cm³/mol. The number of hydrogen-bond donors (Lipinski definition) is 0. The molecule has 0 atom stereocenters. The SMILES string of the molecule is CCCCCCCc1ccc(-c2ccc(CCCCC)cc2)cc1. The number of unbranched alkanes of at least 4 members (excludes halogenated alkanes) is 6. The van der Waals surface area contributed by atoms with Gasteiger partial charge in [-0.15, -0.1) is 0 Å². The molecular weight excluding hydrogens is 288 g/mol. The van der Waals surface area contributed by atoms with Crippen molar-refractivity contribution in [3.8, 4) is 11.1 Å². The van der Waals surface area contributed by atoms with Crippen molar-refractivity contribution in [2.45, 2.75) is 78.1 Å². The van der Waals surface area contributed by atoms with E-state index < -0.39 is 0 Å². The fraction of sp³-hybridized carbons (Fsp3) is 0.500. The van der Waals surface area contributed by atoms with E-state index in [2.05, 4.69) is 62.4 Å². The highest BCUT2D eigenvalue weighted by atomic mass is 14.1. The topological polar surface area (TPSA) is 0 Å². The average Bonchev–Trinajstić information content (AvgIpc) is 2.63. The second-order valence-electron chi connectivity index (χ2n) is 7.02. The lowest BCUT2D eigenvalue weighted by molar-refractivity contribution is 0.632. The Kier molecular flexibility index (Phi) is 8.66. The van der Waals surface area contributed by atoms with Crippen LogP contribution >= 0.6 is 0 Å². The summed E-state index contributed by atoms with van der Waals surface area (Å²) < 4.78 is 0. The number of hydrogen-bond acceptors (Lipinski definition) is 0. The van der Waals surface area contributed by atoms with Gasteiger partial charge in [-0.3, -0.25) is 0 Å². The van der Waals surface area contributed by atoms with Crippen LogP contribution in [0.3, 0.4) is 0 Å². The molecule has 130 valence electrons.